The first-order valence-electron chi connectivity index (χ1n) is 6.46. The van der Waals surface area contributed by atoms with Crippen LogP contribution in [-0.4, -0.2) is 10.2 Å². The van der Waals surface area contributed by atoms with Crippen LogP contribution in [0.1, 0.15) is 18.5 Å². The number of nitrogens with one attached hydrogen (secondary N) is 1. The molecule has 100 valence electrons. The van der Waals surface area contributed by atoms with Crippen molar-refractivity contribution in [1.29, 1.82) is 0 Å². The Bertz CT molecular complexity index is 720. The van der Waals surface area contributed by atoms with Crippen LogP contribution in [0.25, 0.3) is 10.8 Å². The second kappa shape index (κ2) is 5.59. The van der Waals surface area contributed by atoms with Gasteiger partial charge in [0, 0.05) is 15.2 Å². The van der Waals surface area contributed by atoms with Gasteiger partial charge in [0.25, 0.3) is 0 Å². The minimum absolute atomic E-state index is 0.170. The Morgan fingerprint density at radius 3 is 2.60 bits per heavy atom. The molecule has 20 heavy (non-hydrogen) atoms. The number of benzene rings is 2. The number of rotatable bonds is 3. The molecule has 0 amide bonds. The molecule has 0 radical (unpaired) electrons. The Morgan fingerprint density at radius 1 is 1.05 bits per heavy atom. The lowest BCUT2D eigenvalue weighted by Crippen LogP contribution is -2.08. The Morgan fingerprint density at radius 2 is 1.80 bits per heavy atom. The highest BCUT2D eigenvalue weighted by atomic mass is 79.9. The lowest BCUT2D eigenvalue weighted by atomic mass is 10.1. The summed E-state index contributed by atoms with van der Waals surface area (Å²) in [5.41, 5.74) is 1.21. The lowest BCUT2D eigenvalue weighted by Gasteiger charge is -2.16. The maximum Gasteiger partial charge on any atom is 0.157 e. The SMILES string of the molecule is CC(Nc1nncc2ccccc12)c1ccc(Br)cc1. The molecular formula is C16H14BrN3. The van der Waals surface area contributed by atoms with E-state index in [9.17, 15) is 0 Å². The Kier molecular flexibility index (Phi) is 3.65. The van der Waals surface area contributed by atoms with Gasteiger partial charge in [-0.15, -0.1) is 5.10 Å². The third-order valence-corrected chi connectivity index (χ3v) is 3.82. The molecule has 0 aliphatic rings. The first-order chi connectivity index (χ1) is 9.74. The summed E-state index contributed by atoms with van der Waals surface area (Å²) in [4.78, 5) is 0. The molecule has 1 heterocycles. The van der Waals surface area contributed by atoms with Gasteiger partial charge >= 0.3 is 0 Å². The highest BCUT2D eigenvalue weighted by Crippen LogP contribution is 2.24. The molecule has 4 heteroatoms. The summed E-state index contributed by atoms with van der Waals surface area (Å²) in [6.07, 6.45) is 1.78. The molecule has 0 bridgehead atoms. The number of aromatic nitrogens is 2. The fourth-order valence-corrected chi connectivity index (χ4v) is 2.44. The molecule has 3 aromatic rings. The fourth-order valence-electron chi connectivity index (χ4n) is 2.17. The fraction of sp³-hybridized carbons (Fsp3) is 0.125. The molecule has 3 nitrogen and oxygen atoms in total. The molecule has 0 aliphatic carbocycles. The van der Waals surface area contributed by atoms with Crippen molar-refractivity contribution >= 4 is 32.5 Å². The average molecular weight is 328 g/mol. The first kappa shape index (κ1) is 13.1. The maximum absolute atomic E-state index is 4.22. The van der Waals surface area contributed by atoms with Crippen LogP contribution in [0.3, 0.4) is 0 Å². The molecule has 0 fully saturated rings. The van der Waals surface area contributed by atoms with E-state index in [4.69, 9.17) is 0 Å². The molecule has 2 aromatic carbocycles. The van der Waals surface area contributed by atoms with Crippen molar-refractivity contribution in [2.24, 2.45) is 0 Å². The predicted octanol–water partition coefficient (Wildman–Crippen LogP) is 4.57. The van der Waals surface area contributed by atoms with Crippen LogP contribution in [0.4, 0.5) is 5.82 Å². The topological polar surface area (TPSA) is 37.8 Å². The number of anilines is 1. The molecular weight excluding hydrogens is 314 g/mol. The zero-order chi connectivity index (χ0) is 13.9. The smallest absolute Gasteiger partial charge is 0.157 e. The third kappa shape index (κ3) is 2.65. The van der Waals surface area contributed by atoms with Crippen LogP contribution in [0.5, 0.6) is 0 Å². The highest BCUT2D eigenvalue weighted by Gasteiger charge is 2.09. The molecule has 0 aliphatic heterocycles. The van der Waals surface area contributed by atoms with Gasteiger partial charge in [-0.1, -0.05) is 52.3 Å². The van der Waals surface area contributed by atoms with Crippen LogP contribution in [0.15, 0.2) is 59.2 Å². The maximum atomic E-state index is 4.22. The molecule has 1 atom stereocenters. The van der Waals surface area contributed by atoms with E-state index in [1.54, 1.807) is 6.20 Å². The molecule has 1 aromatic heterocycles. The van der Waals surface area contributed by atoms with Gasteiger partial charge in [-0.3, -0.25) is 0 Å². The van der Waals surface area contributed by atoms with Gasteiger partial charge in [-0.25, -0.2) is 0 Å². The van der Waals surface area contributed by atoms with Gasteiger partial charge < -0.3 is 5.32 Å². The Balaban J connectivity index is 1.91. The van der Waals surface area contributed by atoms with E-state index in [0.29, 0.717) is 0 Å². The number of halogens is 1. The van der Waals surface area contributed by atoms with Gasteiger partial charge in [0.1, 0.15) is 0 Å². The highest BCUT2D eigenvalue weighted by molar-refractivity contribution is 9.10. The van der Waals surface area contributed by atoms with Crippen molar-refractivity contribution in [3.05, 3.63) is 64.8 Å². The third-order valence-electron chi connectivity index (χ3n) is 3.29. The molecule has 1 N–H and O–H groups in total. The number of fused-ring (bicyclic) bond motifs is 1. The van der Waals surface area contributed by atoms with Crippen molar-refractivity contribution < 1.29 is 0 Å². The summed E-state index contributed by atoms with van der Waals surface area (Å²) < 4.78 is 1.08. The van der Waals surface area contributed by atoms with E-state index >= 15 is 0 Å². The standard InChI is InChI=1S/C16H14BrN3/c1-11(12-6-8-14(17)9-7-12)19-16-15-5-3-2-4-13(15)10-18-20-16/h2-11H,1H3,(H,19,20). The van der Waals surface area contributed by atoms with Gasteiger partial charge in [0.2, 0.25) is 0 Å². The minimum atomic E-state index is 0.170. The summed E-state index contributed by atoms with van der Waals surface area (Å²) in [5, 5.41) is 13.9. The van der Waals surface area contributed by atoms with Crippen LogP contribution < -0.4 is 5.32 Å². The summed E-state index contributed by atoms with van der Waals surface area (Å²) in [6.45, 7) is 2.12. The van der Waals surface area contributed by atoms with E-state index in [1.165, 1.54) is 5.56 Å². The van der Waals surface area contributed by atoms with Crippen molar-refractivity contribution in [2.45, 2.75) is 13.0 Å². The summed E-state index contributed by atoms with van der Waals surface area (Å²) in [6, 6.07) is 16.6. The second-order valence-corrected chi connectivity index (χ2v) is 5.61. The van der Waals surface area contributed by atoms with E-state index in [1.807, 2.05) is 30.3 Å². The molecule has 1 unspecified atom stereocenters. The predicted molar refractivity (Wildman–Crippen MR) is 85.7 cm³/mol. The van der Waals surface area contributed by atoms with Crippen LogP contribution in [0, 0.1) is 0 Å². The van der Waals surface area contributed by atoms with Gasteiger partial charge in [-0.05, 0) is 24.6 Å². The van der Waals surface area contributed by atoms with E-state index < -0.39 is 0 Å². The van der Waals surface area contributed by atoms with Gasteiger partial charge in [0.05, 0.1) is 12.2 Å². The van der Waals surface area contributed by atoms with E-state index in [0.717, 1.165) is 21.1 Å². The van der Waals surface area contributed by atoms with Crippen molar-refractivity contribution in [1.82, 2.24) is 10.2 Å². The number of hydrogen-bond acceptors (Lipinski definition) is 3. The van der Waals surface area contributed by atoms with Gasteiger partial charge in [0.15, 0.2) is 5.82 Å². The van der Waals surface area contributed by atoms with E-state index in [2.05, 4.69) is 56.6 Å². The van der Waals surface area contributed by atoms with Crippen LogP contribution >= 0.6 is 15.9 Å². The molecule has 3 rings (SSSR count). The zero-order valence-corrected chi connectivity index (χ0v) is 12.6. The number of nitrogens with zero attached hydrogens (tertiary/aromatic N) is 2. The lowest BCUT2D eigenvalue weighted by molar-refractivity contribution is 0.865. The van der Waals surface area contributed by atoms with Crippen molar-refractivity contribution in [3.8, 4) is 0 Å². The Labute approximate surface area is 126 Å². The summed E-state index contributed by atoms with van der Waals surface area (Å²) >= 11 is 3.45. The summed E-state index contributed by atoms with van der Waals surface area (Å²) in [5.74, 6) is 0.818. The summed E-state index contributed by atoms with van der Waals surface area (Å²) in [7, 11) is 0. The first-order valence-corrected chi connectivity index (χ1v) is 7.26. The van der Waals surface area contributed by atoms with Crippen molar-refractivity contribution in [2.75, 3.05) is 5.32 Å². The molecule has 0 saturated carbocycles. The molecule has 0 spiro atoms. The molecule has 0 saturated heterocycles. The monoisotopic (exact) mass is 327 g/mol. The van der Waals surface area contributed by atoms with E-state index in [-0.39, 0.29) is 6.04 Å². The second-order valence-electron chi connectivity index (χ2n) is 4.70. The van der Waals surface area contributed by atoms with Crippen LogP contribution in [0.2, 0.25) is 0 Å². The minimum Gasteiger partial charge on any atom is -0.362 e. The van der Waals surface area contributed by atoms with Gasteiger partial charge in [-0.2, -0.15) is 5.10 Å². The van der Waals surface area contributed by atoms with Crippen molar-refractivity contribution in [3.63, 3.8) is 0 Å². The largest absolute Gasteiger partial charge is 0.362 e. The Hall–Kier alpha value is -1.94. The van der Waals surface area contributed by atoms with Crippen LogP contribution in [-0.2, 0) is 0 Å². The quantitative estimate of drug-likeness (QED) is 0.765. The normalized spacial score (nSPS) is 12.3. The number of hydrogen-bond donors (Lipinski definition) is 1. The zero-order valence-electron chi connectivity index (χ0n) is 11.0. The average Bonchev–Trinajstić information content (AvgIpc) is 2.48.